The second kappa shape index (κ2) is 9.26. The molecule has 4 aromatic rings. The fraction of sp³-hybridized carbons (Fsp3) is 0.120. The summed E-state index contributed by atoms with van der Waals surface area (Å²) in [7, 11) is 0. The van der Waals surface area contributed by atoms with E-state index in [0.717, 1.165) is 22.5 Å². The zero-order chi connectivity index (χ0) is 22.7. The molecule has 32 heavy (non-hydrogen) atoms. The van der Waals surface area contributed by atoms with E-state index in [-0.39, 0.29) is 5.91 Å². The number of hydrogen-bond acceptors (Lipinski definition) is 4. The first kappa shape index (κ1) is 21.6. The highest BCUT2D eigenvalue weighted by atomic mass is 35.5. The van der Waals surface area contributed by atoms with Crippen molar-refractivity contribution in [2.75, 3.05) is 5.73 Å². The Morgan fingerprint density at radius 1 is 1.03 bits per heavy atom. The van der Waals surface area contributed by atoms with Crippen LogP contribution in [0.1, 0.15) is 28.9 Å². The summed E-state index contributed by atoms with van der Waals surface area (Å²) in [5.41, 5.74) is 9.75. The van der Waals surface area contributed by atoms with Crippen LogP contribution in [0, 0.1) is 0 Å². The first-order chi connectivity index (χ1) is 15.4. The average molecular weight is 447 g/mol. The Morgan fingerprint density at radius 3 is 2.34 bits per heavy atom. The molecule has 1 aromatic heterocycles. The van der Waals surface area contributed by atoms with Crippen molar-refractivity contribution in [1.82, 2.24) is 15.1 Å². The van der Waals surface area contributed by atoms with Gasteiger partial charge in [0, 0.05) is 22.2 Å². The Morgan fingerprint density at radius 2 is 1.69 bits per heavy atom. The molecule has 2 atom stereocenters. The molecule has 0 aliphatic carbocycles. The van der Waals surface area contributed by atoms with Crippen LogP contribution in [0.4, 0.5) is 5.82 Å². The van der Waals surface area contributed by atoms with Crippen molar-refractivity contribution in [3.63, 3.8) is 0 Å². The van der Waals surface area contributed by atoms with Gasteiger partial charge in [0.2, 0.25) is 0 Å². The maximum Gasteiger partial charge on any atom is 0.251 e. The highest BCUT2D eigenvalue weighted by molar-refractivity contribution is 6.30. The lowest BCUT2D eigenvalue weighted by atomic mass is 10.0. The second-order valence-corrected chi connectivity index (χ2v) is 7.97. The molecule has 1 amide bonds. The number of amides is 1. The van der Waals surface area contributed by atoms with Crippen LogP contribution in [0.2, 0.25) is 5.02 Å². The lowest BCUT2D eigenvalue weighted by Crippen LogP contribution is -2.37. The van der Waals surface area contributed by atoms with E-state index in [1.807, 2.05) is 42.5 Å². The first-order valence-corrected chi connectivity index (χ1v) is 10.6. The van der Waals surface area contributed by atoms with Crippen molar-refractivity contribution in [3.05, 3.63) is 101 Å². The number of rotatable bonds is 6. The van der Waals surface area contributed by atoms with E-state index >= 15 is 0 Å². The normalized spacial score (nSPS) is 12.8. The summed E-state index contributed by atoms with van der Waals surface area (Å²) in [5, 5.41) is 18.5. The molecule has 0 fully saturated rings. The third-order valence-corrected chi connectivity index (χ3v) is 5.48. The van der Waals surface area contributed by atoms with Crippen LogP contribution < -0.4 is 11.1 Å². The Balaban J connectivity index is 1.47. The van der Waals surface area contributed by atoms with Crippen molar-refractivity contribution in [2.24, 2.45) is 0 Å². The van der Waals surface area contributed by atoms with Crippen molar-refractivity contribution in [3.8, 4) is 16.9 Å². The van der Waals surface area contributed by atoms with Gasteiger partial charge in [-0.2, -0.15) is 5.10 Å². The molecule has 4 rings (SSSR count). The van der Waals surface area contributed by atoms with Crippen LogP contribution >= 0.6 is 11.6 Å². The highest BCUT2D eigenvalue weighted by Crippen LogP contribution is 2.24. The van der Waals surface area contributed by atoms with Gasteiger partial charge in [-0.3, -0.25) is 4.79 Å². The number of aromatic nitrogens is 2. The van der Waals surface area contributed by atoms with Crippen LogP contribution in [-0.2, 0) is 0 Å². The number of halogens is 1. The van der Waals surface area contributed by atoms with Crippen molar-refractivity contribution >= 4 is 23.3 Å². The maximum atomic E-state index is 12.6. The number of benzene rings is 3. The summed E-state index contributed by atoms with van der Waals surface area (Å²) in [6.07, 6.45) is -0.797. The summed E-state index contributed by atoms with van der Waals surface area (Å²) in [6, 6.07) is 24.9. The minimum atomic E-state index is -0.797. The molecule has 0 unspecified atom stereocenters. The largest absolute Gasteiger partial charge is 0.386 e. The minimum Gasteiger partial charge on any atom is -0.386 e. The monoisotopic (exact) mass is 446 g/mol. The molecule has 0 saturated heterocycles. The smallest absolute Gasteiger partial charge is 0.251 e. The number of hydrogen-bond donors (Lipinski definition) is 3. The van der Waals surface area contributed by atoms with Gasteiger partial charge in [-0.05, 0) is 48.9 Å². The van der Waals surface area contributed by atoms with Gasteiger partial charge >= 0.3 is 0 Å². The number of nitrogens with one attached hydrogen (secondary N) is 1. The van der Waals surface area contributed by atoms with E-state index in [4.69, 9.17) is 17.3 Å². The second-order valence-electron chi connectivity index (χ2n) is 7.54. The Kier molecular flexibility index (Phi) is 6.25. The van der Waals surface area contributed by atoms with Gasteiger partial charge in [0.1, 0.15) is 5.82 Å². The Labute approximate surface area is 191 Å². The fourth-order valence-electron chi connectivity index (χ4n) is 3.43. The minimum absolute atomic E-state index is 0.269. The van der Waals surface area contributed by atoms with Crippen molar-refractivity contribution in [2.45, 2.75) is 19.1 Å². The summed E-state index contributed by atoms with van der Waals surface area (Å²) in [6.45, 7) is 1.77. The molecule has 3 aromatic carbocycles. The molecule has 0 radical (unpaired) electrons. The van der Waals surface area contributed by atoms with E-state index < -0.39 is 12.1 Å². The van der Waals surface area contributed by atoms with Crippen LogP contribution in [0.5, 0.6) is 0 Å². The van der Waals surface area contributed by atoms with Gasteiger partial charge in [-0.15, -0.1) is 0 Å². The van der Waals surface area contributed by atoms with E-state index in [2.05, 4.69) is 10.4 Å². The molecule has 162 valence electrons. The topological polar surface area (TPSA) is 93.2 Å². The van der Waals surface area contributed by atoms with Crippen LogP contribution in [0.25, 0.3) is 16.9 Å². The van der Waals surface area contributed by atoms with Crippen molar-refractivity contribution < 1.29 is 9.90 Å². The van der Waals surface area contributed by atoms with E-state index in [1.54, 1.807) is 54.1 Å². The molecule has 0 saturated carbocycles. The van der Waals surface area contributed by atoms with Gasteiger partial charge in [0.25, 0.3) is 5.91 Å². The first-order valence-electron chi connectivity index (χ1n) is 10.2. The molecular weight excluding hydrogens is 424 g/mol. The zero-order valence-electron chi connectivity index (χ0n) is 17.4. The molecule has 0 aliphatic rings. The SMILES string of the molecule is C[C@H](NC(=O)c1ccc(-n2nc(-c3ccc(Cl)cc3)cc2N)cc1)[C@H](O)c1ccccc1. The average Bonchev–Trinajstić information content (AvgIpc) is 3.21. The lowest BCUT2D eigenvalue weighted by Gasteiger charge is -2.20. The molecule has 1 heterocycles. The number of aliphatic hydroxyl groups excluding tert-OH is 1. The number of carbonyl (C=O) groups is 1. The van der Waals surface area contributed by atoms with Crippen molar-refractivity contribution in [1.29, 1.82) is 0 Å². The lowest BCUT2D eigenvalue weighted by molar-refractivity contribution is 0.0852. The van der Waals surface area contributed by atoms with Gasteiger partial charge in [0.15, 0.2) is 0 Å². The molecule has 0 aliphatic heterocycles. The zero-order valence-corrected chi connectivity index (χ0v) is 18.2. The third kappa shape index (κ3) is 4.66. The summed E-state index contributed by atoms with van der Waals surface area (Å²) in [5.74, 6) is 0.209. The van der Waals surface area contributed by atoms with Crippen LogP contribution in [0.3, 0.4) is 0 Å². The molecule has 4 N–H and O–H groups in total. The number of anilines is 1. The summed E-state index contributed by atoms with van der Waals surface area (Å²) in [4.78, 5) is 12.6. The maximum absolute atomic E-state index is 12.6. The van der Waals surface area contributed by atoms with Crippen LogP contribution in [-0.4, -0.2) is 26.8 Å². The van der Waals surface area contributed by atoms with Crippen LogP contribution in [0.15, 0.2) is 84.9 Å². The number of nitrogens with two attached hydrogens (primary N) is 1. The predicted octanol–water partition coefficient (Wildman–Crippen LogP) is 4.63. The Bertz CT molecular complexity index is 1210. The number of nitrogen functional groups attached to an aromatic ring is 1. The Hall–Kier alpha value is -3.61. The molecule has 6 nitrogen and oxygen atoms in total. The standard InChI is InChI=1S/C25H23ClN4O2/c1-16(24(31)18-5-3-2-4-6-18)28-25(32)19-9-13-21(14-10-19)30-23(27)15-22(29-30)17-7-11-20(26)12-8-17/h2-16,24,31H,27H2,1H3,(H,28,32)/t16-,24-/m0/s1. The summed E-state index contributed by atoms with van der Waals surface area (Å²) >= 11 is 5.95. The fourth-order valence-corrected chi connectivity index (χ4v) is 3.55. The van der Waals surface area contributed by atoms with Gasteiger partial charge in [0.05, 0.1) is 23.5 Å². The molecular formula is C25H23ClN4O2. The van der Waals surface area contributed by atoms with E-state index in [1.165, 1.54) is 0 Å². The van der Waals surface area contributed by atoms with Gasteiger partial charge in [-0.1, -0.05) is 54.1 Å². The molecule has 0 bridgehead atoms. The predicted molar refractivity (Wildman–Crippen MR) is 127 cm³/mol. The number of aliphatic hydroxyl groups is 1. The third-order valence-electron chi connectivity index (χ3n) is 5.22. The van der Waals surface area contributed by atoms with Gasteiger partial charge < -0.3 is 16.2 Å². The van der Waals surface area contributed by atoms with E-state index in [9.17, 15) is 9.90 Å². The number of nitrogens with zero attached hydrogens (tertiary/aromatic N) is 2. The van der Waals surface area contributed by atoms with E-state index in [0.29, 0.717) is 16.4 Å². The quantitative estimate of drug-likeness (QED) is 0.402. The number of carbonyl (C=O) groups excluding carboxylic acids is 1. The molecule has 7 heteroatoms. The molecule has 0 spiro atoms. The van der Waals surface area contributed by atoms with Gasteiger partial charge in [-0.25, -0.2) is 4.68 Å². The highest BCUT2D eigenvalue weighted by Gasteiger charge is 2.19. The summed E-state index contributed by atoms with van der Waals surface area (Å²) < 4.78 is 1.62.